The molecule has 0 heterocycles. The minimum atomic E-state index is -0.432. The molecule has 0 aliphatic heterocycles. The van der Waals surface area contributed by atoms with Crippen molar-refractivity contribution < 1.29 is 4.39 Å². The lowest BCUT2D eigenvalue weighted by molar-refractivity contribution is 0.618. The Morgan fingerprint density at radius 1 is 1.33 bits per heavy atom. The molecule has 0 bridgehead atoms. The first kappa shape index (κ1) is 12.1. The van der Waals surface area contributed by atoms with E-state index in [0.717, 1.165) is 4.90 Å². The summed E-state index contributed by atoms with van der Waals surface area (Å²) in [5.41, 5.74) is 0.162. The van der Waals surface area contributed by atoms with Crippen molar-refractivity contribution in [2.45, 2.75) is 30.9 Å². The van der Waals surface area contributed by atoms with Gasteiger partial charge in [0.25, 0.3) is 0 Å². The average molecular weight is 223 g/mol. The normalized spacial score (nSPS) is 12.5. The molecule has 0 aromatic heterocycles. The third-order valence-electron chi connectivity index (χ3n) is 2.34. The van der Waals surface area contributed by atoms with Crippen LogP contribution in [0.2, 0.25) is 0 Å². The first-order chi connectivity index (χ1) is 7.06. The highest BCUT2D eigenvalue weighted by Crippen LogP contribution is 2.31. The summed E-state index contributed by atoms with van der Waals surface area (Å²) < 4.78 is 13.3. The molecule has 0 N–H and O–H groups in total. The molecule has 0 fully saturated rings. The molecule has 0 aliphatic carbocycles. The van der Waals surface area contributed by atoms with E-state index in [4.69, 9.17) is 5.26 Å². The second-order valence-corrected chi connectivity index (χ2v) is 5.21. The van der Waals surface area contributed by atoms with Gasteiger partial charge in [0.15, 0.2) is 0 Å². The van der Waals surface area contributed by atoms with E-state index >= 15 is 0 Å². The highest BCUT2D eigenvalue weighted by Gasteiger charge is 2.13. The van der Waals surface area contributed by atoms with Gasteiger partial charge in [-0.1, -0.05) is 26.8 Å². The summed E-state index contributed by atoms with van der Waals surface area (Å²) in [5, 5.41) is 9.22. The Labute approximate surface area is 94.3 Å². The quantitative estimate of drug-likeness (QED) is 0.727. The molecule has 1 nitrogen and oxygen atoms in total. The van der Waals surface area contributed by atoms with Crippen molar-refractivity contribution in [2.75, 3.05) is 0 Å². The van der Waals surface area contributed by atoms with Crippen molar-refractivity contribution >= 4 is 11.8 Å². The van der Waals surface area contributed by atoms with Crippen LogP contribution in [0.15, 0.2) is 23.1 Å². The molecule has 15 heavy (non-hydrogen) atoms. The Hall–Kier alpha value is -1.01. The molecule has 1 aromatic carbocycles. The minimum Gasteiger partial charge on any atom is -0.206 e. The summed E-state index contributed by atoms with van der Waals surface area (Å²) in [5.74, 6) is 0.0725. The maximum Gasteiger partial charge on any atom is 0.142 e. The van der Waals surface area contributed by atoms with E-state index in [1.54, 1.807) is 23.9 Å². The number of rotatable bonds is 3. The molecule has 1 aromatic rings. The van der Waals surface area contributed by atoms with Crippen LogP contribution in [-0.4, -0.2) is 5.25 Å². The summed E-state index contributed by atoms with van der Waals surface area (Å²) in [6.45, 7) is 6.31. The second-order valence-electron chi connectivity index (χ2n) is 3.79. The van der Waals surface area contributed by atoms with Crippen LogP contribution in [0.3, 0.4) is 0 Å². The maximum atomic E-state index is 13.3. The molecule has 0 amide bonds. The summed E-state index contributed by atoms with van der Waals surface area (Å²) >= 11 is 1.55. The number of hydrogen-bond donors (Lipinski definition) is 0. The van der Waals surface area contributed by atoms with Crippen molar-refractivity contribution in [3.05, 3.63) is 29.6 Å². The Morgan fingerprint density at radius 2 is 2.00 bits per heavy atom. The number of nitrogens with zero attached hydrogens (tertiary/aromatic N) is 1. The molecule has 0 saturated carbocycles. The van der Waals surface area contributed by atoms with Gasteiger partial charge in [0.2, 0.25) is 0 Å². The van der Waals surface area contributed by atoms with Crippen molar-refractivity contribution in [2.24, 2.45) is 5.92 Å². The Balaban J connectivity index is 2.96. The van der Waals surface area contributed by atoms with Gasteiger partial charge in [0, 0.05) is 10.1 Å². The van der Waals surface area contributed by atoms with E-state index in [0.29, 0.717) is 11.2 Å². The Kier molecular flexibility index (Phi) is 4.16. The van der Waals surface area contributed by atoms with Gasteiger partial charge < -0.3 is 0 Å². The smallest absolute Gasteiger partial charge is 0.142 e. The van der Waals surface area contributed by atoms with Crippen molar-refractivity contribution in [1.82, 2.24) is 0 Å². The SMILES string of the molecule is CC(C)C(C)Sc1cccc(F)c1C#N. The largest absolute Gasteiger partial charge is 0.206 e. The highest BCUT2D eigenvalue weighted by atomic mass is 32.2. The van der Waals surface area contributed by atoms with E-state index in [9.17, 15) is 4.39 Å². The van der Waals surface area contributed by atoms with Gasteiger partial charge in [-0.3, -0.25) is 0 Å². The average Bonchev–Trinajstić information content (AvgIpc) is 2.18. The van der Waals surface area contributed by atoms with Crippen molar-refractivity contribution in [3.63, 3.8) is 0 Å². The molecule has 1 atom stereocenters. The fourth-order valence-electron chi connectivity index (χ4n) is 1.05. The van der Waals surface area contributed by atoms with Crippen molar-refractivity contribution in [1.29, 1.82) is 5.26 Å². The predicted octanol–water partition coefficient (Wildman–Crippen LogP) is 3.83. The number of thioether (sulfide) groups is 1. The molecule has 0 saturated heterocycles. The lowest BCUT2D eigenvalue weighted by Gasteiger charge is -2.15. The zero-order valence-electron chi connectivity index (χ0n) is 9.12. The Bertz CT molecular complexity index is 382. The summed E-state index contributed by atoms with van der Waals surface area (Å²) in [7, 11) is 0. The number of nitriles is 1. The van der Waals surface area contributed by atoms with Crippen LogP contribution in [0.1, 0.15) is 26.3 Å². The molecule has 1 rings (SSSR count). The number of benzene rings is 1. The van der Waals surface area contributed by atoms with Crippen LogP contribution in [0, 0.1) is 23.1 Å². The predicted molar refractivity (Wildman–Crippen MR) is 61.3 cm³/mol. The zero-order chi connectivity index (χ0) is 11.4. The molecule has 3 heteroatoms. The van der Waals surface area contributed by atoms with Gasteiger partial charge in [0.05, 0.1) is 0 Å². The summed E-state index contributed by atoms with van der Waals surface area (Å²) in [4.78, 5) is 0.735. The topological polar surface area (TPSA) is 23.8 Å². The van der Waals surface area contributed by atoms with E-state index in [-0.39, 0.29) is 5.56 Å². The zero-order valence-corrected chi connectivity index (χ0v) is 9.94. The van der Waals surface area contributed by atoms with E-state index in [2.05, 4.69) is 20.8 Å². The van der Waals surface area contributed by atoms with Gasteiger partial charge >= 0.3 is 0 Å². The Morgan fingerprint density at radius 3 is 2.53 bits per heavy atom. The standard InChI is InChI=1S/C12H14FNS/c1-8(2)9(3)15-12-6-4-5-11(13)10(12)7-14/h4-6,8-9H,1-3H3. The van der Waals surface area contributed by atoms with Gasteiger partial charge in [0.1, 0.15) is 17.4 Å². The van der Waals surface area contributed by atoms with Gasteiger partial charge in [-0.15, -0.1) is 11.8 Å². The minimum absolute atomic E-state index is 0.162. The van der Waals surface area contributed by atoms with Crippen LogP contribution in [0.5, 0.6) is 0 Å². The van der Waals surface area contributed by atoms with Crippen molar-refractivity contribution in [3.8, 4) is 6.07 Å². The summed E-state index contributed by atoms with van der Waals surface area (Å²) in [6.07, 6.45) is 0. The first-order valence-corrected chi connectivity index (χ1v) is 5.79. The van der Waals surface area contributed by atoms with Gasteiger partial charge in [-0.2, -0.15) is 5.26 Å². The van der Waals surface area contributed by atoms with Crippen LogP contribution in [-0.2, 0) is 0 Å². The van der Waals surface area contributed by atoms with Crippen LogP contribution in [0.4, 0.5) is 4.39 Å². The molecule has 1 unspecified atom stereocenters. The molecule has 0 radical (unpaired) electrons. The van der Waals surface area contributed by atoms with E-state index in [1.165, 1.54) is 6.07 Å². The van der Waals surface area contributed by atoms with Gasteiger partial charge in [-0.25, -0.2) is 4.39 Å². The van der Waals surface area contributed by atoms with Crippen LogP contribution < -0.4 is 0 Å². The molecular formula is C12H14FNS. The molecule has 80 valence electrons. The molecule has 0 spiro atoms. The molecular weight excluding hydrogens is 209 g/mol. The fraction of sp³-hybridized carbons (Fsp3) is 0.417. The highest BCUT2D eigenvalue weighted by molar-refractivity contribution is 8.00. The van der Waals surface area contributed by atoms with Crippen LogP contribution >= 0.6 is 11.8 Å². The molecule has 0 aliphatic rings. The third-order valence-corrected chi connectivity index (χ3v) is 3.85. The monoisotopic (exact) mass is 223 g/mol. The fourth-order valence-corrected chi connectivity index (χ4v) is 2.14. The second kappa shape index (κ2) is 5.18. The van der Waals surface area contributed by atoms with E-state index in [1.807, 2.05) is 6.07 Å². The third kappa shape index (κ3) is 2.97. The number of hydrogen-bond acceptors (Lipinski definition) is 2. The maximum absolute atomic E-state index is 13.3. The lowest BCUT2D eigenvalue weighted by atomic mass is 10.2. The lowest BCUT2D eigenvalue weighted by Crippen LogP contribution is -2.05. The van der Waals surface area contributed by atoms with Crippen LogP contribution in [0.25, 0.3) is 0 Å². The summed E-state index contributed by atoms with van der Waals surface area (Å²) in [6, 6.07) is 6.68. The van der Waals surface area contributed by atoms with E-state index < -0.39 is 5.82 Å². The first-order valence-electron chi connectivity index (χ1n) is 4.91. The number of halogens is 1. The van der Waals surface area contributed by atoms with Gasteiger partial charge in [-0.05, 0) is 18.1 Å².